The molecule has 0 saturated heterocycles. The summed E-state index contributed by atoms with van der Waals surface area (Å²) in [6.07, 6.45) is 7.86. The number of aryl methyl sites for hydroxylation is 1. The lowest BCUT2D eigenvalue weighted by Crippen LogP contribution is -2.21. The van der Waals surface area contributed by atoms with E-state index < -0.39 is 0 Å². The first kappa shape index (κ1) is 11.1. The Hall–Kier alpha value is -1.35. The summed E-state index contributed by atoms with van der Waals surface area (Å²) in [6.45, 7) is 2.96. The lowest BCUT2D eigenvalue weighted by atomic mass is 9.94. The molecule has 0 amide bonds. The van der Waals surface area contributed by atoms with Gasteiger partial charge in [0.1, 0.15) is 0 Å². The second kappa shape index (κ2) is 5.12. The average Bonchev–Trinajstić information content (AvgIpc) is 2.34. The van der Waals surface area contributed by atoms with Crippen LogP contribution in [0.4, 0.5) is 0 Å². The fraction of sp³-hybridized carbons (Fsp3) is 0.462. The summed E-state index contributed by atoms with van der Waals surface area (Å²) in [5.41, 5.74) is 3.81. The molecule has 1 N–H and O–H groups in total. The number of hydrogen-bond acceptors (Lipinski definition) is 3. The zero-order valence-electron chi connectivity index (χ0n) is 9.86. The van der Waals surface area contributed by atoms with Crippen LogP contribution in [0.1, 0.15) is 30.0 Å². The van der Waals surface area contributed by atoms with Crippen molar-refractivity contribution < 1.29 is 4.74 Å². The van der Waals surface area contributed by atoms with E-state index in [2.05, 4.69) is 17.2 Å². The normalized spacial score (nSPS) is 17.5. The summed E-state index contributed by atoms with van der Waals surface area (Å²) in [5, 5.41) is 3.34. The van der Waals surface area contributed by atoms with Crippen LogP contribution in [-0.4, -0.2) is 18.6 Å². The highest BCUT2D eigenvalue weighted by atomic mass is 16.5. The Labute approximate surface area is 96.5 Å². The van der Waals surface area contributed by atoms with Crippen molar-refractivity contribution in [1.82, 2.24) is 10.3 Å². The molecule has 3 nitrogen and oxygen atoms in total. The van der Waals surface area contributed by atoms with Gasteiger partial charge in [-0.25, -0.2) is 0 Å². The van der Waals surface area contributed by atoms with Gasteiger partial charge in [0.05, 0.1) is 18.9 Å². The van der Waals surface area contributed by atoms with Gasteiger partial charge < -0.3 is 10.1 Å². The van der Waals surface area contributed by atoms with E-state index in [4.69, 9.17) is 4.74 Å². The maximum atomic E-state index is 5.40. The summed E-state index contributed by atoms with van der Waals surface area (Å²) >= 11 is 0. The molecule has 0 fully saturated rings. The van der Waals surface area contributed by atoms with Gasteiger partial charge in [-0.05, 0) is 49.6 Å². The molecule has 0 radical (unpaired) electrons. The first-order valence-electron chi connectivity index (χ1n) is 5.71. The molecular formula is C13H18N2O. The molecule has 16 heavy (non-hydrogen) atoms. The van der Waals surface area contributed by atoms with Crippen molar-refractivity contribution in [3.8, 4) is 0 Å². The Kier molecular flexibility index (Phi) is 3.57. The van der Waals surface area contributed by atoms with E-state index in [9.17, 15) is 0 Å². The van der Waals surface area contributed by atoms with Gasteiger partial charge in [-0.2, -0.15) is 0 Å². The second-order valence-electron chi connectivity index (χ2n) is 4.12. The third-order valence-corrected chi connectivity index (χ3v) is 3.01. The van der Waals surface area contributed by atoms with Gasteiger partial charge >= 0.3 is 0 Å². The predicted octanol–water partition coefficient (Wildman–Crippen LogP) is 2.34. The lowest BCUT2D eigenvalue weighted by molar-refractivity contribution is 0.220. The third-order valence-electron chi connectivity index (χ3n) is 3.01. The van der Waals surface area contributed by atoms with Crippen molar-refractivity contribution in [2.75, 3.05) is 13.7 Å². The van der Waals surface area contributed by atoms with Gasteiger partial charge in [0.2, 0.25) is 0 Å². The van der Waals surface area contributed by atoms with Crippen LogP contribution in [0.2, 0.25) is 0 Å². The number of likely N-dealkylation sites (N-methyl/N-ethyl adjacent to an activating group) is 1. The SMILES string of the molecule is CNC(C1=COCCC1)c1cnccc1C. The largest absolute Gasteiger partial charge is 0.501 e. The van der Waals surface area contributed by atoms with Crippen molar-refractivity contribution in [1.29, 1.82) is 0 Å². The van der Waals surface area contributed by atoms with Crippen LogP contribution in [0.3, 0.4) is 0 Å². The molecule has 1 aliphatic heterocycles. The standard InChI is InChI=1S/C13H18N2O/c1-10-5-6-15-8-12(10)13(14-2)11-4-3-7-16-9-11/h5-6,8-9,13-14H,3-4,7H2,1-2H3. The summed E-state index contributed by atoms with van der Waals surface area (Å²) in [4.78, 5) is 4.20. The van der Waals surface area contributed by atoms with Crippen molar-refractivity contribution in [2.45, 2.75) is 25.8 Å². The topological polar surface area (TPSA) is 34.1 Å². The van der Waals surface area contributed by atoms with Crippen molar-refractivity contribution in [3.63, 3.8) is 0 Å². The maximum absolute atomic E-state index is 5.40. The van der Waals surface area contributed by atoms with E-state index >= 15 is 0 Å². The van der Waals surface area contributed by atoms with Gasteiger partial charge in [-0.3, -0.25) is 4.98 Å². The van der Waals surface area contributed by atoms with Crippen LogP contribution in [0.5, 0.6) is 0 Å². The predicted molar refractivity (Wildman–Crippen MR) is 64.0 cm³/mol. The molecule has 86 valence electrons. The molecule has 3 heteroatoms. The molecule has 2 rings (SSSR count). The molecule has 1 atom stereocenters. The number of rotatable bonds is 3. The number of nitrogens with zero attached hydrogens (tertiary/aromatic N) is 1. The highest BCUT2D eigenvalue weighted by Crippen LogP contribution is 2.28. The lowest BCUT2D eigenvalue weighted by Gasteiger charge is -2.24. The minimum atomic E-state index is 0.231. The molecule has 0 spiro atoms. The number of pyridine rings is 1. The van der Waals surface area contributed by atoms with Crippen LogP contribution in [0.15, 0.2) is 30.3 Å². The van der Waals surface area contributed by atoms with Gasteiger partial charge in [0, 0.05) is 12.4 Å². The van der Waals surface area contributed by atoms with Crippen LogP contribution >= 0.6 is 0 Å². The van der Waals surface area contributed by atoms with Crippen molar-refractivity contribution in [3.05, 3.63) is 41.4 Å². The molecule has 1 aromatic rings. The van der Waals surface area contributed by atoms with E-state index in [1.807, 2.05) is 31.8 Å². The highest BCUT2D eigenvalue weighted by Gasteiger charge is 2.18. The Balaban J connectivity index is 2.28. The second-order valence-corrected chi connectivity index (χ2v) is 4.12. The summed E-state index contributed by atoms with van der Waals surface area (Å²) < 4.78 is 5.40. The van der Waals surface area contributed by atoms with Crippen LogP contribution in [0, 0.1) is 6.92 Å². The van der Waals surface area contributed by atoms with Gasteiger partial charge in [0.25, 0.3) is 0 Å². The first-order valence-corrected chi connectivity index (χ1v) is 5.71. The van der Waals surface area contributed by atoms with E-state index in [-0.39, 0.29) is 6.04 Å². The summed E-state index contributed by atoms with van der Waals surface area (Å²) in [6, 6.07) is 2.28. The number of hydrogen-bond donors (Lipinski definition) is 1. The molecule has 0 bridgehead atoms. The Morgan fingerprint density at radius 1 is 1.50 bits per heavy atom. The molecule has 0 saturated carbocycles. The summed E-state index contributed by atoms with van der Waals surface area (Å²) in [7, 11) is 1.98. The van der Waals surface area contributed by atoms with Crippen LogP contribution in [0.25, 0.3) is 0 Å². The highest BCUT2D eigenvalue weighted by molar-refractivity contribution is 5.32. The van der Waals surface area contributed by atoms with Crippen molar-refractivity contribution >= 4 is 0 Å². The quantitative estimate of drug-likeness (QED) is 0.845. The summed E-state index contributed by atoms with van der Waals surface area (Å²) in [5.74, 6) is 0. The van der Waals surface area contributed by atoms with E-state index in [1.165, 1.54) is 16.7 Å². The Morgan fingerprint density at radius 3 is 3.00 bits per heavy atom. The van der Waals surface area contributed by atoms with Crippen LogP contribution < -0.4 is 5.32 Å². The van der Waals surface area contributed by atoms with Crippen molar-refractivity contribution in [2.24, 2.45) is 0 Å². The minimum absolute atomic E-state index is 0.231. The average molecular weight is 218 g/mol. The molecule has 1 unspecified atom stereocenters. The maximum Gasteiger partial charge on any atom is 0.0876 e. The van der Waals surface area contributed by atoms with E-state index in [0.717, 1.165) is 19.4 Å². The Bertz CT molecular complexity index is 387. The van der Waals surface area contributed by atoms with Gasteiger partial charge in [-0.15, -0.1) is 0 Å². The van der Waals surface area contributed by atoms with Crippen LogP contribution in [-0.2, 0) is 4.74 Å². The first-order chi connectivity index (χ1) is 7.83. The zero-order chi connectivity index (χ0) is 11.4. The monoisotopic (exact) mass is 218 g/mol. The number of aromatic nitrogens is 1. The smallest absolute Gasteiger partial charge is 0.0876 e. The zero-order valence-corrected chi connectivity index (χ0v) is 9.86. The molecule has 0 aromatic carbocycles. The van der Waals surface area contributed by atoms with E-state index in [1.54, 1.807) is 0 Å². The van der Waals surface area contributed by atoms with E-state index in [0.29, 0.717) is 0 Å². The molecule has 2 heterocycles. The van der Waals surface area contributed by atoms with Gasteiger partial charge in [0.15, 0.2) is 0 Å². The van der Waals surface area contributed by atoms with Gasteiger partial charge in [-0.1, -0.05) is 0 Å². The third kappa shape index (κ3) is 2.25. The molecule has 1 aromatic heterocycles. The Morgan fingerprint density at radius 2 is 2.38 bits per heavy atom. The molecule has 0 aliphatic carbocycles. The number of nitrogens with one attached hydrogen (secondary N) is 1. The fourth-order valence-corrected chi connectivity index (χ4v) is 2.12. The molecular weight excluding hydrogens is 200 g/mol. The fourth-order valence-electron chi connectivity index (χ4n) is 2.12. The molecule has 1 aliphatic rings. The number of ether oxygens (including phenoxy) is 1. The minimum Gasteiger partial charge on any atom is -0.501 e.